The van der Waals surface area contributed by atoms with E-state index in [2.05, 4.69) is 26.8 Å². The lowest BCUT2D eigenvalue weighted by atomic mass is 9.46. The first-order valence-corrected chi connectivity index (χ1v) is 20.1. The van der Waals surface area contributed by atoms with Gasteiger partial charge in [-0.25, -0.2) is 4.79 Å². The summed E-state index contributed by atoms with van der Waals surface area (Å²) in [5.41, 5.74) is 1.45. The van der Waals surface area contributed by atoms with E-state index in [4.69, 9.17) is 18.9 Å². The fourth-order valence-electron chi connectivity index (χ4n) is 11.5. The Morgan fingerprint density at radius 2 is 1.45 bits per heavy atom. The number of rotatable bonds is 10. The van der Waals surface area contributed by atoms with Gasteiger partial charge in [-0.1, -0.05) is 38.0 Å². The van der Waals surface area contributed by atoms with Gasteiger partial charge in [0.25, 0.3) is 0 Å². The number of fused-ring (bicyclic) bond motifs is 5. The van der Waals surface area contributed by atoms with Gasteiger partial charge >= 0.3 is 5.97 Å². The van der Waals surface area contributed by atoms with E-state index in [-0.39, 0.29) is 35.2 Å². The molecular weight excluding hydrogens is 720 g/mol. The molecule has 0 spiro atoms. The van der Waals surface area contributed by atoms with Gasteiger partial charge < -0.3 is 70.0 Å². The Morgan fingerprint density at radius 3 is 2.07 bits per heavy atom. The average Bonchev–Trinajstić information content (AvgIpc) is 3.52. The summed E-state index contributed by atoms with van der Waals surface area (Å²) in [6.07, 6.45) is -8.57. The van der Waals surface area contributed by atoms with Gasteiger partial charge in [0.2, 0.25) is 6.29 Å². The topological polar surface area (TPSA) is 256 Å². The largest absolute Gasteiger partial charge is 0.429 e. The monoisotopic (exact) mass is 784 g/mol. The number of carbonyl (C=O) groups excluding carboxylic acids is 1. The van der Waals surface area contributed by atoms with Crippen molar-refractivity contribution >= 4 is 5.97 Å². The second kappa shape index (κ2) is 16.6. The molecule has 0 radical (unpaired) electrons. The fourth-order valence-corrected chi connectivity index (χ4v) is 11.5. The lowest BCUT2D eigenvalue weighted by Gasteiger charge is -2.60. The van der Waals surface area contributed by atoms with Crippen LogP contribution in [0.3, 0.4) is 0 Å². The van der Waals surface area contributed by atoms with E-state index in [1.54, 1.807) is 13.8 Å². The molecule has 5 fully saturated rings. The third-order valence-corrected chi connectivity index (χ3v) is 15.2. The molecule has 20 atom stereocenters. The lowest BCUT2D eigenvalue weighted by Crippen LogP contribution is -2.60. The van der Waals surface area contributed by atoms with Gasteiger partial charge in [0, 0.05) is 17.4 Å². The molecule has 0 bridgehead atoms. The minimum Gasteiger partial charge on any atom is -0.429 e. The van der Waals surface area contributed by atoms with Gasteiger partial charge in [0.1, 0.15) is 48.8 Å². The quantitative estimate of drug-likeness (QED) is 0.0782. The average molecular weight is 785 g/mol. The van der Waals surface area contributed by atoms with Crippen molar-refractivity contribution < 1.29 is 74.8 Å². The summed E-state index contributed by atoms with van der Waals surface area (Å²) >= 11 is 0. The Morgan fingerprint density at radius 1 is 0.855 bits per heavy atom. The molecule has 3 saturated carbocycles. The predicted octanol–water partition coefficient (Wildman–Crippen LogP) is -0.212. The zero-order valence-corrected chi connectivity index (χ0v) is 32.6. The predicted molar refractivity (Wildman–Crippen MR) is 193 cm³/mol. The highest BCUT2D eigenvalue weighted by Crippen LogP contribution is 2.67. The summed E-state index contributed by atoms with van der Waals surface area (Å²) in [5, 5.41) is 104. The van der Waals surface area contributed by atoms with E-state index >= 15 is 0 Å². The number of carbonyl (C=O) groups is 1. The Bertz CT molecular complexity index is 1430. The standard InChI is InChI=1S/C40H64O15/c1-17(18(2)36(51)55-38-35(50)33(48)31(46)28(16-42)54-38)12-26(43)19(3)23-8-9-24-22-7-6-20-13-21(52-37-34(49)32(47)30(45)27(15-41)53-37)14-29(44)40(20,5)25(22)10-11-39(23,24)4/h6,19,21-35,37-38,41-50H,7-16H2,1-5H3/b18-17+/t19-,21+,22-,23+,24-,25-,26+,27+,28-,29-,30+,31-,32-,33+,34+,35-,37+,38+,39+,40-/m0/s1. The van der Waals surface area contributed by atoms with Crippen molar-refractivity contribution in [2.24, 2.45) is 40.4 Å². The molecule has 55 heavy (non-hydrogen) atoms. The Balaban J connectivity index is 1.09. The first-order valence-electron chi connectivity index (χ1n) is 20.1. The van der Waals surface area contributed by atoms with E-state index < -0.39 is 104 Å². The first-order chi connectivity index (χ1) is 25.9. The summed E-state index contributed by atoms with van der Waals surface area (Å²) in [6, 6.07) is 0. The third kappa shape index (κ3) is 7.60. The zero-order chi connectivity index (χ0) is 40.3. The Hall–Kier alpha value is -1.57. The highest BCUT2D eigenvalue weighted by Gasteiger charge is 2.62. The summed E-state index contributed by atoms with van der Waals surface area (Å²) in [4.78, 5) is 13.0. The van der Waals surface area contributed by atoms with Crippen LogP contribution < -0.4 is 0 Å². The van der Waals surface area contributed by atoms with E-state index in [0.29, 0.717) is 30.3 Å². The molecule has 15 heteroatoms. The van der Waals surface area contributed by atoms with Crippen molar-refractivity contribution in [1.29, 1.82) is 0 Å². The van der Waals surface area contributed by atoms with Crippen molar-refractivity contribution in [3.63, 3.8) is 0 Å². The normalized spacial score (nSPS) is 48.7. The number of allylic oxidation sites excluding steroid dienone is 1. The molecule has 0 unspecified atom stereocenters. The third-order valence-electron chi connectivity index (χ3n) is 15.2. The number of esters is 1. The van der Waals surface area contributed by atoms with E-state index in [9.17, 15) is 55.9 Å². The van der Waals surface area contributed by atoms with Gasteiger partial charge in [-0.05, 0) is 93.8 Å². The number of aliphatic hydroxyl groups is 10. The molecule has 15 nitrogen and oxygen atoms in total. The maximum absolute atomic E-state index is 13.0. The van der Waals surface area contributed by atoms with Gasteiger partial charge in [0.05, 0.1) is 31.5 Å². The molecule has 10 N–H and O–H groups in total. The minimum atomic E-state index is -1.71. The van der Waals surface area contributed by atoms with Crippen molar-refractivity contribution in [3.8, 4) is 0 Å². The van der Waals surface area contributed by atoms with Crippen molar-refractivity contribution in [3.05, 3.63) is 22.8 Å². The molecular formula is C40H64O15. The second-order valence-electron chi connectivity index (χ2n) is 17.9. The second-order valence-corrected chi connectivity index (χ2v) is 17.9. The number of hydrogen-bond acceptors (Lipinski definition) is 15. The lowest BCUT2D eigenvalue weighted by molar-refractivity contribution is -0.315. The molecule has 0 aromatic carbocycles. The molecule has 0 amide bonds. The van der Waals surface area contributed by atoms with Gasteiger partial charge in [-0.2, -0.15) is 0 Å². The van der Waals surface area contributed by atoms with Crippen LogP contribution in [0.4, 0.5) is 0 Å². The maximum atomic E-state index is 13.0. The molecule has 0 aromatic heterocycles. The summed E-state index contributed by atoms with van der Waals surface area (Å²) < 4.78 is 22.4. The van der Waals surface area contributed by atoms with Gasteiger partial charge in [-0.15, -0.1) is 0 Å². The molecule has 2 saturated heterocycles. The van der Waals surface area contributed by atoms with Gasteiger partial charge in [-0.3, -0.25) is 0 Å². The van der Waals surface area contributed by atoms with Crippen LogP contribution in [0.1, 0.15) is 86.0 Å². The number of ether oxygens (including phenoxy) is 4. The van der Waals surface area contributed by atoms with Crippen molar-refractivity contribution in [1.82, 2.24) is 0 Å². The van der Waals surface area contributed by atoms with E-state index in [1.165, 1.54) is 0 Å². The minimum absolute atomic E-state index is 0.0354. The summed E-state index contributed by atoms with van der Waals surface area (Å²) in [6.45, 7) is 8.69. The van der Waals surface area contributed by atoms with Crippen LogP contribution >= 0.6 is 0 Å². The smallest absolute Gasteiger partial charge is 0.336 e. The van der Waals surface area contributed by atoms with Crippen LogP contribution in [0.5, 0.6) is 0 Å². The highest BCUT2D eigenvalue weighted by atomic mass is 16.7. The molecule has 314 valence electrons. The van der Waals surface area contributed by atoms with Crippen molar-refractivity contribution in [2.75, 3.05) is 13.2 Å². The molecule has 2 heterocycles. The molecule has 6 rings (SSSR count). The molecule has 4 aliphatic carbocycles. The highest BCUT2D eigenvalue weighted by molar-refractivity contribution is 5.88. The van der Waals surface area contributed by atoms with E-state index in [0.717, 1.165) is 37.7 Å². The molecule has 6 aliphatic rings. The summed E-state index contributed by atoms with van der Waals surface area (Å²) in [5.74, 6) is 0.330. The summed E-state index contributed by atoms with van der Waals surface area (Å²) in [7, 11) is 0. The Labute approximate surface area is 322 Å². The van der Waals surface area contributed by atoms with Crippen LogP contribution in [0.15, 0.2) is 22.8 Å². The number of aliphatic hydroxyl groups excluding tert-OH is 10. The zero-order valence-electron chi connectivity index (χ0n) is 32.6. The van der Waals surface area contributed by atoms with Crippen LogP contribution in [0.2, 0.25) is 0 Å². The molecule has 2 aliphatic heterocycles. The number of hydrogen-bond donors (Lipinski definition) is 10. The molecule has 0 aromatic rings. The Kier molecular flexibility index (Phi) is 13.0. The van der Waals surface area contributed by atoms with Crippen LogP contribution in [0, 0.1) is 40.4 Å². The maximum Gasteiger partial charge on any atom is 0.336 e. The SMILES string of the molecule is C/C(C[C@@H](O)[C@@H](C)[C@H]1CC[C@H]2[C@@H]3CC=C4C[C@@H](O[C@@H]5O[C@H](CO)[C@@H](O)[C@H](O)[C@H]5O)C[C@H](O)[C@]4(C)[C@H]3CC[C@]12C)=C(/C)C(=O)O[C@H]1O[C@@H](CO)[C@H](O)[C@@H](O)[C@@H]1O. The van der Waals surface area contributed by atoms with Gasteiger partial charge in [0.15, 0.2) is 6.29 Å². The fraction of sp³-hybridized carbons (Fsp3) is 0.875. The van der Waals surface area contributed by atoms with Crippen LogP contribution in [-0.4, -0.2) is 150 Å². The van der Waals surface area contributed by atoms with E-state index in [1.807, 2.05) is 0 Å². The van der Waals surface area contributed by atoms with Crippen LogP contribution in [-0.2, 0) is 23.7 Å². The first kappa shape index (κ1) is 43.0. The van der Waals surface area contributed by atoms with Crippen molar-refractivity contribution in [2.45, 2.75) is 166 Å². The van der Waals surface area contributed by atoms with Crippen LogP contribution in [0.25, 0.3) is 0 Å².